The van der Waals surface area contributed by atoms with Crippen molar-refractivity contribution in [3.05, 3.63) is 85.1 Å². The van der Waals surface area contributed by atoms with Crippen LogP contribution in [0.4, 0.5) is 0 Å². The highest BCUT2D eigenvalue weighted by Crippen LogP contribution is 2.17. The lowest BCUT2D eigenvalue weighted by molar-refractivity contribution is -0.167. The van der Waals surface area contributed by atoms with Gasteiger partial charge in [-0.05, 0) is 96.3 Å². The van der Waals surface area contributed by atoms with Crippen molar-refractivity contribution in [3.8, 4) is 0 Å². The Hall–Kier alpha value is -3.41. The number of allylic oxidation sites excluding steroid dienone is 14. The molecule has 1 atom stereocenters. The number of unbranched alkanes of at least 4 members (excludes halogenated alkanes) is 35. The Balaban J connectivity index is 4.06. The molecule has 444 valence electrons. The third-order valence-corrected chi connectivity index (χ3v) is 14.4. The molecule has 6 nitrogen and oxygen atoms in total. The maximum atomic E-state index is 12.8. The SMILES string of the molecule is CC/C=C\C/C=C\C/C=C\C/C=C\C/C=C\C/C=C\CCCCCCCCCCCCCCCCCCC(=O)OCC(COC(=O)CCCCCCCCCCCC)OC(=O)CCCCCCC/C=C\CCCCCCC. The first-order valence-electron chi connectivity index (χ1n) is 33.1. The van der Waals surface area contributed by atoms with E-state index in [1.54, 1.807) is 0 Å². The molecule has 0 aliphatic carbocycles. The number of ether oxygens (including phenoxy) is 3. The quantitative estimate of drug-likeness (QED) is 0.0261. The molecule has 0 aliphatic heterocycles. The molecular weight excluding hydrogens is 949 g/mol. The van der Waals surface area contributed by atoms with E-state index >= 15 is 0 Å². The molecule has 0 rings (SSSR count). The predicted octanol–water partition coefficient (Wildman–Crippen LogP) is 22.7. The number of rotatable bonds is 60. The van der Waals surface area contributed by atoms with Gasteiger partial charge >= 0.3 is 17.9 Å². The zero-order valence-corrected chi connectivity index (χ0v) is 51.0. The number of esters is 3. The van der Waals surface area contributed by atoms with Crippen LogP contribution in [0.15, 0.2) is 85.1 Å². The van der Waals surface area contributed by atoms with Gasteiger partial charge in [0.05, 0.1) is 0 Å². The van der Waals surface area contributed by atoms with E-state index in [0.717, 1.165) is 103 Å². The van der Waals surface area contributed by atoms with Gasteiger partial charge in [-0.25, -0.2) is 0 Å². The lowest BCUT2D eigenvalue weighted by Crippen LogP contribution is -2.30. The molecule has 0 spiro atoms. The van der Waals surface area contributed by atoms with E-state index in [4.69, 9.17) is 14.2 Å². The van der Waals surface area contributed by atoms with Crippen LogP contribution in [-0.2, 0) is 28.6 Å². The molecule has 6 heteroatoms. The molecule has 77 heavy (non-hydrogen) atoms. The van der Waals surface area contributed by atoms with E-state index in [-0.39, 0.29) is 31.1 Å². The Bertz CT molecular complexity index is 1470. The summed E-state index contributed by atoms with van der Waals surface area (Å²) in [7, 11) is 0. The van der Waals surface area contributed by atoms with Gasteiger partial charge in [0.1, 0.15) is 13.2 Å². The molecule has 0 amide bonds. The number of carbonyl (C=O) groups excluding carboxylic acids is 3. The van der Waals surface area contributed by atoms with Crippen molar-refractivity contribution in [2.75, 3.05) is 13.2 Å². The van der Waals surface area contributed by atoms with E-state index in [1.165, 1.54) is 186 Å². The Labute approximate surface area is 477 Å². The van der Waals surface area contributed by atoms with Gasteiger partial charge in [0.2, 0.25) is 0 Å². The third-order valence-electron chi connectivity index (χ3n) is 14.4. The lowest BCUT2D eigenvalue weighted by atomic mass is 10.0. The average Bonchev–Trinajstić information content (AvgIpc) is 3.43. The van der Waals surface area contributed by atoms with Crippen molar-refractivity contribution in [2.24, 2.45) is 0 Å². The number of hydrogen-bond acceptors (Lipinski definition) is 6. The summed E-state index contributed by atoms with van der Waals surface area (Å²) in [5.41, 5.74) is 0. The predicted molar refractivity (Wildman–Crippen MR) is 334 cm³/mol. The molecule has 0 heterocycles. The van der Waals surface area contributed by atoms with Crippen LogP contribution in [0.3, 0.4) is 0 Å². The minimum Gasteiger partial charge on any atom is -0.462 e. The maximum absolute atomic E-state index is 12.8. The van der Waals surface area contributed by atoms with E-state index in [9.17, 15) is 14.4 Å². The summed E-state index contributed by atoms with van der Waals surface area (Å²) in [5.74, 6) is -0.871. The molecule has 0 aliphatic rings. The molecule has 0 bridgehead atoms. The van der Waals surface area contributed by atoms with Gasteiger partial charge in [0, 0.05) is 19.3 Å². The Morgan fingerprint density at radius 3 is 0.805 bits per heavy atom. The molecule has 0 aromatic carbocycles. The smallest absolute Gasteiger partial charge is 0.306 e. The molecule has 0 saturated carbocycles. The zero-order valence-electron chi connectivity index (χ0n) is 51.0. The first-order chi connectivity index (χ1) is 38.0. The van der Waals surface area contributed by atoms with E-state index in [1.807, 2.05) is 0 Å². The van der Waals surface area contributed by atoms with Crippen molar-refractivity contribution < 1.29 is 28.6 Å². The highest BCUT2D eigenvalue weighted by Gasteiger charge is 2.19. The van der Waals surface area contributed by atoms with Gasteiger partial charge < -0.3 is 14.2 Å². The highest BCUT2D eigenvalue weighted by atomic mass is 16.6. The monoisotopic (exact) mass is 1070 g/mol. The summed E-state index contributed by atoms with van der Waals surface area (Å²) in [6, 6.07) is 0. The molecule has 0 N–H and O–H groups in total. The summed E-state index contributed by atoms with van der Waals surface area (Å²) in [6.45, 7) is 6.53. The molecule has 0 aromatic rings. The Morgan fingerprint density at radius 2 is 0.506 bits per heavy atom. The van der Waals surface area contributed by atoms with Crippen molar-refractivity contribution in [3.63, 3.8) is 0 Å². The normalized spacial score (nSPS) is 12.6. The van der Waals surface area contributed by atoms with Gasteiger partial charge in [0.25, 0.3) is 0 Å². The fourth-order valence-corrected chi connectivity index (χ4v) is 9.44. The van der Waals surface area contributed by atoms with Crippen LogP contribution in [0.5, 0.6) is 0 Å². The minimum absolute atomic E-state index is 0.0742. The summed E-state index contributed by atoms with van der Waals surface area (Å²) in [5, 5.41) is 0. The molecule has 0 saturated heterocycles. The first kappa shape index (κ1) is 73.6. The van der Waals surface area contributed by atoms with Crippen molar-refractivity contribution in [1.82, 2.24) is 0 Å². The number of hydrogen-bond donors (Lipinski definition) is 0. The van der Waals surface area contributed by atoms with Gasteiger partial charge in [-0.2, -0.15) is 0 Å². The second-order valence-corrected chi connectivity index (χ2v) is 22.0. The van der Waals surface area contributed by atoms with Crippen LogP contribution >= 0.6 is 0 Å². The summed E-state index contributed by atoms with van der Waals surface area (Å²) in [4.78, 5) is 38.2. The van der Waals surface area contributed by atoms with Crippen molar-refractivity contribution in [2.45, 2.75) is 335 Å². The van der Waals surface area contributed by atoms with Crippen LogP contribution in [0.2, 0.25) is 0 Å². The Kier molecular flexibility index (Phi) is 62.2. The third kappa shape index (κ3) is 63.3. The van der Waals surface area contributed by atoms with Gasteiger partial charge in [-0.3, -0.25) is 14.4 Å². The van der Waals surface area contributed by atoms with Crippen molar-refractivity contribution >= 4 is 17.9 Å². The fourth-order valence-electron chi connectivity index (χ4n) is 9.44. The lowest BCUT2D eigenvalue weighted by Gasteiger charge is -2.18. The van der Waals surface area contributed by atoms with Crippen LogP contribution in [0, 0.1) is 0 Å². The maximum Gasteiger partial charge on any atom is 0.306 e. The highest BCUT2D eigenvalue weighted by molar-refractivity contribution is 5.71. The fraction of sp³-hybridized carbons (Fsp3) is 0.761. The van der Waals surface area contributed by atoms with Crippen LogP contribution in [0.1, 0.15) is 329 Å². The van der Waals surface area contributed by atoms with Gasteiger partial charge in [-0.1, -0.05) is 298 Å². The summed E-state index contributed by atoms with van der Waals surface area (Å²) < 4.78 is 16.9. The van der Waals surface area contributed by atoms with E-state index in [2.05, 4.69) is 106 Å². The van der Waals surface area contributed by atoms with Gasteiger partial charge in [-0.15, -0.1) is 0 Å². The van der Waals surface area contributed by atoms with Crippen molar-refractivity contribution in [1.29, 1.82) is 0 Å². The van der Waals surface area contributed by atoms with Crippen LogP contribution in [-0.4, -0.2) is 37.2 Å². The summed E-state index contributed by atoms with van der Waals surface area (Å²) in [6.07, 6.45) is 86.1. The minimum atomic E-state index is -0.776. The second kappa shape index (κ2) is 65.1. The molecule has 0 aromatic heterocycles. The summed E-state index contributed by atoms with van der Waals surface area (Å²) >= 11 is 0. The number of carbonyl (C=O) groups is 3. The topological polar surface area (TPSA) is 78.9 Å². The zero-order chi connectivity index (χ0) is 55.7. The van der Waals surface area contributed by atoms with Crippen LogP contribution in [0.25, 0.3) is 0 Å². The second-order valence-electron chi connectivity index (χ2n) is 22.0. The molecule has 0 radical (unpaired) electrons. The molecule has 0 fully saturated rings. The first-order valence-corrected chi connectivity index (χ1v) is 33.1. The molecular formula is C71H124O6. The largest absolute Gasteiger partial charge is 0.462 e. The van der Waals surface area contributed by atoms with Gasteiger partial charge in [0.15, 0.2) is 6.10 Å². The standard InChI is InChI=1S/C71H124O6/c1-4-7-10-13-16-19-22-24-26-27-28-29-30-31-32-33-34-35-36-37-38-39-40-41-42-43-44-45-46-48-49-52-55-58-61-64-70(73)76-67-68(66-75-69(72)63-60-57-54-51-21-18-15-12-9-6-3)77-71(74)65-62-59-56-53-50-47-25-23-20-17-14-11-8-5-2/h7,10,16,19,23-26,28-29,31-32,34-35,68H,4-6,8-9,11-15,17-18,20-22,27,30,33,36-67H2,1-3H3/b10-7-,19-16-,25-23-,26-24-,29-28-,32-31-,35-34-. The molecule has 1 unspecified atom stereocenters. The van der Waals surface area contributed by atoms with Crippen LogP contribution < -0.4 is 0 Å². The van der Waals surface area contributed by atoms with E-state index < -0.39 is 6.10 Å². The Morgan fingerprint density at radius 1 is 0.273 bits per heavy atom. The van der Waals surface area contributed by atoms with E-state index in [0.29, 0.717) is 19.3 Å². The average molecular weight is 1070 g/mol.